The lowest BCUT2D eigenvalue weighted by Crippen LogP contribution is -2.30. The molecule has 3 heteroatoms. The van der Waals surface area contributed by atoms with E-state index >= 15 is 0 Å². The fourth-order valence-electron chi connectivity index (χ4n) is 1.49. The van der Waals surface area contributed by atoms with Gasteiger partial charge in [0.2, 0.25) is 5.78 Å². The van der Waals surface area contributed by atoms with Gasteiger partial charge in [-0.25, -0.2) is 4.39 Å². The van der Waals surface area contributed by atoms with E-state index in [0.717, 1.165) is 0 Å². The number of ketones is 1. The molecule has 0 aromatic heterocycles. The number of carbonyl (C=O) groups excluding carboxylic acids is 1. The zero-order chi connectivity index (χ0) is 10.2. The van der Waals surface area contributed by atoms with Crippen molar-refractivity contribution in [1.29, 1.82) is 0 Å². The van der Waals surface area contributed by atoms with E-state index in [4.69, 9.17) is 4.74 Å². The van der Waals surface area contributed by atoms with Gasteiger partial charge in [0, 0.05) is 11.6 Å². The van der Waals surface area contributed by atoms with Crippen molar-refractivity contribution in [1.82, 2.24) is 0 Å². The van der Waals surface area contributed by atoms with Gasteiger partial charge in [-0.15, -0.1) is 0 Å². The van der Waals surface area contributed by atoms with Crippen LogP contribution in [0.2, 0.25) is 0 Å². The lowest BCUT2D eigenvalue weighted by molar-refractivity contribution is -0.128. The SMILES string of the molecule is CC1(c2ccccc2F)OC=CC1=O. The van der Waals surface area contributed by atoms with Crippen LogP contribution >= 0.6 is 0 Å². The zero-order valence-corrected chi connectivity index (χ0v) is 7.66. The first kappa shape index (κ1) is 8.94. The third-order valence-electron chi connectivity index (χ3n) is 2.38. The summed E-state index contributed by atoms with van der Waals surface area (Å²) in [6.07, 6.45) is 2.61. The molecule has 0 radical (unpaired) electrons. The summed E-state index contributed by atoms with van der Waals surface area (Å²) in [4.78, 5) is 11.5. The Labute approximate surface area is 81.0 Å². The Hall–Kier alpha value is -1.64. The molecule has 72 valence electrons. The van der Waals surface area contributed by atoms with Gasteiger partial charge in [-0.1, -0.05) is 18.2 Å². The van der Waals surface area contributed by atoms with E-state index in [9.17, 15) is 9.18 Å². The highest BCUT2D eigenvalue weighted by atomic mass is 19.1. The van der Waals surface area contributed by atoms with Gasteiger partial charge < -0.3 is 4.74 Å². The molecular weight excluding hydrogens is 183 g/mol. The quantitative estimate of drug-likeness (QED) is 0.681. The number of halogens is 1. The normalized spacial score (nSPS) is 25.1. The van der Waals surface area contributed by atoms with E-state index in [0.29, 0.717) is 0 Å². The maximum atomic E-state index is 13.4. The van der Waals surface area contributed by atoms with Crippen LogP contribution in [0.15, 0.2) is 36.6 Å². The molecule has 2 rings (SSSR count). The van der Waals surface area contributed by atoms with Gasteiger partial charge >= 0.3 is 0 Å². The van der Waals surface area contributed by atoms with Gasteiger partial charge in [-0.2, -0.15) is 0 Å². The molecule has 1 aliphatic heterocycles. The largest absolute Gasteiger partial charge is 0.482 e. The van der Waals surface area contributed by atoms with Crippen molar-refractivity contribution < 1.29 is 13.9 Å². The summed E-state index contributed by atoms with van der Waals surface area (Å²) in [6.45, 7) is 1.56. The van der Waals surface area contributed by atoms with Gasteiger partial charge in [-0.05, 0) is 13.0 Å². The smallest absolute Gasteiger partial charge is 0.206 e. The molecule has 1 atom stereocenters. The molecule has 0 aliphatic carbocycles. The summed E-state index contributed by atoms with van der Waals surface area (Å²) in [5.74, 6) is -0.658. The second kappa shape index (κ2) is 2.94. The summed E-state index contributed by atoms with van der Waals surface area (Å²) in [5.41, 5.74) is -0.916. The average Bonchev–Trinajstić information content (AvgIpc) is 2.49. The Balaban J connectivity index is 2.50. The summed E-state index contributed by atoms with van der Waals surface area (Å²) >= 11 is 0. The van der Waals surface area contributed by atoms with Crippen molar-refractivity contribution in [3.63, 3.8) is 0 Å². The van der Waals surface area contributed by atoms with Crippen molar-refractivity contribution in [3.8, 4) is 0 Å². The molecule has 2 nitrogen and oxygen atoms in total. The molecular formula is C11H9FO2. The van der Waals surface area contributed by atoms with Crippen molar-refractivity contribution in [2.45, 2.75) is 12.5 Å². The van der Waals surface area contributed by atoms with E-state index < -0.39 is 11.4 Å². The molecule has 0 bridgehead atoms. The molecule has 0 saturated heterocycles. The Bertz CT molecular complexity index is 412. The van der Waals surface area contributed by atoms with E-state index in [1.54, 1.807) is 25.1 Å². The Kier molecular flexibility index (Phi) is 1.88. The number of hydrogen-bond donors (Lipinski definition) is 0. The highest BCUT2D eigenvalue weighted by Crippen LogP contribution is 2.32. The number of rotatable bonds is 1. The van der Waals surface area contributed by atoms with Crippen LogP contribution in [-0.2, 0) is 15.1 Å². The van der Waals surface area contributed by atoms with E-state index in [2.05, 4.69) is 0 Å². The van der Waals surface area contributed by atoms with E-state index in [-0.39, 0.29) is 11.3 Å². The minimum Gasteiger partial charge on any atom is -0.482 e. The van der Waals surface area contributed by atoms with Crippen LogP contribution in [0.4, 0.5) is 4.39 Å². The summed E-state index contributed by atoms with van der Waals surface area (Å²) in [5, 5.41) is 0. The van der Waals surface area contributed by atoms with E-state index in [1.165, 1.54) is 18.4 Å². The highest BCUT2D eigenvalue weighted by molar-refractivity contribution is 5.99. The van der Waals surface area contributed by atoms with Crippen LogP contribution in [0.3, 0.4) is 0 Å². The Morgan fingerprint density at radius 2 is 2.07 bits per heavy atom. The molecule has 0 saturated carbocycles. The first-order chi connectivity index (χ1) is 6.64. The van der Waals surface area contributed by atoms with Crippen LogP contribution in [0.5, 0.6) is 0 Å². The van der Waals surface area contributed by atoms with Crippen molar-refractivity contribution >= 4 is 5.78 Å². The topological polar surface area (TPSA) is 26.3 Å². The second-order valence-electron chi connectivity index (χ2n) is 3.30. The van der Waals surface area contributed by atoms with Crippen LogP contribution in [0.25, 0.3) is 0 Å². The minimum atomic E-state index is -1.19. The summed E-state index contributed by atoms with van der Waals surface area (Å²) in [7, 11) is 0. The van der Waals surface area contributed by atoms with Crippen molar-refractivity contribution in [2.24, 2.45) is 0 Å². The standard InChI is InChI=1S/C11H9FO2/c1-11(10(13)6-7-14-11)8-4-2-3-5-9(8)12/h2-7H,1H3. The van der Waals surface area contributed by atoms with Crippen LogP contribution < -0.4 is 0 Å². The maximum Gasteiger partial charge on any atom is 0.206 e. The van der Waals surface area contributed by atoms with Gasteiger partial charge in [0.1, 0.15) is 5.82 Å². The molecule has 1 unspecified atom stereocenters. The highest BCUT2D eigenvalue weighted by Gasteiger charge is 2.40. The Morgan fingerprint density at radius 3 is 2.64 bits per heavy atom. The molecule has 1 aromatic rings. The second-order valence-corrected chi connectivity index (χ2v) is 3.30. The zero-order valence-electron chi connectivity index (χ0n) is 7.66. The predicted molar refractivity (Wildman–Crippen MR) is 49.0 cm³/mol. The average molecular weight is 192 g/mol. The molecule has 1 aliphatic rings. The lowest BCUT2D eigenvalue weighted by atomic mass is 9.92. The van der Waals surface area contributed by atoms with Gasteiger partial charge in [0.15, 0.2) is 5.60 Å². The third kappa shape index (κ3) is 1.13. The Morgan fingerprint density at radius 1 is 1.36 bits per heavy atom. The van der Waals surface area contributed by atoms with Crippen molar-refractivity contribution in [2.75, 3.05) is 0 Å². The summed E-state index contributed by atoms with van der Waals surface area (Å²) < 4.78 is 18.5. The number of ether oxygens (including phenoxy) is 1. The molecule has 0 spiro atoms. The monoisotopic (exact) mass is 192 g/mol. The van der Waals surface area contributed by atoms with Gasteiger partial charge in [-0.3, -0.25) is 4.79 Å². The van der Waals surface area contributed by atoms with Gasteiger partial charge in [0.25, 0.3) is 0 Å². The first-order valence-electron chi connectivity index (χ1n) is 4.28. The predicted octanol–water partition coefficient (Wildman–Crippen LogP) is 2.15. The van der Waals surface area contributed by atoms with E-state index in [1.807, 2.05) is 0 Å². The first-order valence-corrected chi connectivity index (χ1v) is 4.28. The number of carbonyl (C=O) groups is 1. The van der Waals surface area contributed by atoms with Crippen LogP contribution in [0, 0.1) is 5.82 Å². The molecule has 0 N–H and O–H groups in total. The third-order valence-corrected chi connectivity index (χ3v) is 2.38. The fourth-order valence-corrected chi connectivity index (χ4v) is 1.49. The molecule has 0 fully saturated rings. The molecule has 1 heterocycles. The molecule has 14 heavy (non-hydrogen) atoms. The lowest BCUT2D eigenvalue weighted by Gasteiger charge is -2.22. The number of hydrogen-bond acceptors (Lipinski definition) is 2. The molecule has 1 aromatic carbocycles. The maximum absolute atomic E-state index is 13.4. The molecule has 0 amide bonds. The van der Waals surface area contributed by atoms with Crippen LogP contribution in [-0.4, -0.2) is 5.78 Å². The fraction of sp³-hybridized carbons (Fsp3) is 0.182. The van der Waals surface area contributed by atoms with Gasteiger partial charge in [0.05, 0.1) is 6.26 Å². The minimum absolute atomic E-state index is 0.234. The van der Waals surface area contributed by atoms with Crippen LogP contribution in [0.1, 0.15) is 12.5 Å². The van der Waals surface area contributed by atoms with Crippen molar-refractivity contribution in [3.05, 3.63) is 48.0 Å². The summed E-state index contributed by atoms with van der Waals surface area (Å²) in [6, 6.07) is 6.13. The number of benzene rings is 1.